The molecule has 13 heavy (non-hydrogen) atoms. The van der Waals surface area contributed by atoms with E-state index in [1.54, 1.807) is 0 Å². The second-order valence-corrected chi connectivity index (χ2v) is 2.90. The highest BCUT2D eigenvalue weighted by Gasteiger charge is 1.85. The average Bonchev–Trinajstić information content (AvgIpc) is 2.16. The molecule has 0 rings (SSSR count). The lowest BCUT2D eigenvalue weighted by Gasteiger charge is -1.93. The first-order valence-electron chi connectivity index (χ1n) is 4.95. The van der Waals surface area contributed by atoms with Gasteiger partial charge in [0.2, 0.25) is 0 Å². The van der Waals surface area contributed by atoms with Crippen LogP contribution in [0, 0.1) is 11.8 Å². The fourth-order valence-electron chi connectivity index (χ4n) is 1.01. The summed E-state index contributed by atoms with van der Waals surface area (Å²) in [4.78, 5) is 4.47. The van der Waals surface area contributed by atoms with E-state index in [0.29, 0.717) is 0 Å². The first-order valence-corrected chi connectivity index (χ1v) is 4.95. The fourth-order valence-corrected chi connectivity index (χ4v) is 1.01. The van der Waals surface area contributed by atoms with Crippen LogP contribution in [0.3, 0.4) is 0 Å². The van der Waals surface area contributed by atoms with Crippen LogP contribution in [0.2, 0.25) is 0 Å². The first kappa shape index (κ1) is 12.0. The molecule has 0 radical (unpaired) electrons. The zero-order chi connectivity index (χ0) is 9.78. The molecule has 2 heteroatoms. The molecule has 0 aliphatic heterocycles. The van der Waals surface area contributed by atoms with Gasteiger partial charge in [-0.1, -0.05) is 49.6 Å². The molecular formula is C11H19NO. The summed E-state index contributed by atoms with van der Waals surface area (Å²) in [6.07, 6.45) is 8.94. The first-order chi connectivity index (χ1) is 6.41. The summed E-state index contributed by atoms with van der Waals surface area (Å²) >= 11 is 0. The summed E-state index contributed by atoms with van der Waals surface area (Å²) in [5.41, 5.74) is 0. The predicted octanol–water partition coefficient (Wildman–Crippen LogP) is 2.98. The van der Waals surface area contributed by atoms with Crippen LogP contribution in [0.5, 0.6) is 0 Å². The van der Waals surface area contributed by atoms with Gasteiger partial charge in [0.05, 0.1) is 0 Å². The second kappa shape index (κ2) is 11.0. The lowest BCUT2D eigenvalue weighted by atomic mass is 10.1. The van der Waals surface area contributed by atoms with Gasteiger partial charge in [0.25, 0.3) is 0 Å². The second-order valence-electron chi connectivity index (χ2n) is 2.90. The number of hydrogen-bond donors (Lipinski definition) is 0. The van der Waals surface area contributed by atoms with E-state index in [2.05, 4.69) is 28.8 Å². The van der Waals surface area contributed by atoms with E-state index in [4.69, 9.17) is 0 Å². The monoisotopic (exact) mass is 181 g/mol. The van der Waals surface area contributed by atoms with Crippen LogP contribution in [0.4, 0.5) is 0 Å². The molecule has 0 N–H and O–H groups in total. The Kier molecular flexibility index (Phi) is 10.2. The van der Waals surface area contributed by atoms with Gasteiger partial charge < -0.3 is 4.84 Å². The van der Waals surface area contributed by atoms with Crippen LogP contribution in [0.1, 0.15) is 45.4 Å². The van der Waals surface area contributed by atoms with E-state index in [9.17, 15) is 0 Å². The number of hydrogen-bond acceptors (Lipinski definition) is 2. The molecule has 0 atom stereocenters. The van der Waals surface area contributed by atoms with E-state index in [-0.39, 0.29) is 0 Å². The van der Waals surface area contributed by atoms with Crippen molar-refractivity contribution in [1.82, 2.24) is 0 Å². The summed E-state index contributed by atoms with van der Waals surface area (Å²) in [5.74, 6) is 5.83. The van der Waals surface area contributed by atoms with Crippen molar-refractivity contribution in [2.24, 2.45) is 5.16 Å². The predicted molar refractivity (Wildman–Crippen MR) is 56.7 cm³/mol. The van der Waals surface area contributed by atoms with Crippen LogP contribution < -0.4 is 0 Å². The Morgan fingerprint density at radius 1 is 1.23 bits per heavy atom. The van der Waals surface area contributed by atoms with Gasteiger partial charge >= 0.3 is 0 Å². The van der Waals surface area contributed by atoms with Crippen molar-refractivity contribution in [3.05, 3.63) is 0 Å². The Labute approximate surface area is 81.4 Å². The molecule has 0 spiro atoms. The van der Waals surface area contributed by atoms with Crippen LogP contribution in [0.15, 0.2) is 5.16 Å². The summed E-state index contributed by atoms with van der Waals surface area (Å²) < 4.78 is 0. The molecule has 0 heterocycles. The average molecular weight is 181 g/mol. The Morgan fingerprint density at radius 2 is 2.00 bits per heavy atom. The number of oxime groups is 1. The Hall–Kier alpha value is -0.970. The summed E-state index contributed by atoms with van der Waals surface area (Å²) in [5, 5.41) is 3.52. The van der Waals surface area contributed by atoms with Crippen LogP contribution >= 0.6 is 0 Å². The molecule has 0 aliphatic carbocycles. The maximum Gasteiger partial charge on any atom is 0.116 e. The summed E-state index contributed by atoms with van der Waals surface area (Å²) in [7, 11) is 1.52. The van der Waals surface area contributed by atoms with Gasteiger partial charge in [-0.15, -0.1) is 0 Å². The molecule has 0 aromatic heterocycles. The van der Waals surface area contributed by atoms with Crippen molar-refractivity contribution in [1.29, 1.82) is 0 Å². The number of nitrogens with zero attached hydrogens (tertiary/aromatic N) is 1. The van der Waals surface area contributed by atoms with Crippen LogP contribution in [-0.4, -0.2) is 13.3 Å². The minimum atomic E-state index is 0.972. The van der Waals surface area contributed by atoms with Gasteiger partial charge in [-0.3, -0.25) is 0 Å². The van der Waals surface area contributed by atoms with Crippen molar-refractivity contribution in [2.75, 3.05) is 7.11 Å². The molecule has 0 amide bonds. The third-order valence-corrected chi connectivity index (χ3v) is 1.73. The number of unbranched alkanes of at least 4 members (excludes halogenated alkanes) is 5. The highest BCUT2D eigenvalue weighted by atomic mass is 16.6. The lowest BCUT2D eigenvalue weighted by Crippen LogP contribution is -1.76. The molecule has 0 aromatic carbocycles. The molecule has 0 saturated carbocycles. The SMILES string of the molecule is CCCCCCCC#CC=NOC. The maximum absolute atomic E-state index is 4.47. The highest BCUT2D eigenvalue weighted by molar-refractivity contribution is 5.77. The van der Waals surface area contributed by atoms with Crippen LogP contribution in [-0.2, 0) is 4.84 Å². The normalized spacial score (nSPS) is 9.69. The molecule has 0 aromatic rings. The molecule has 0 aliphatic rings. The van der Waals surface area contributed by atoms with Crippen molar-refractivity contribution in [3.63, 3.8) is 0 Å². The molecule has 0 bridgehead atoms. The van der Waals surface area contributed by atoms with Gasteiger partial charge in [-0.2, -0.15) is 0 Å². The van der Waals surface area contributed by atoms with Crippen molar-refractivity contribution < 1.29 is 4.84 Å². The zero-order valence-electron chi connectivity index (χ0n) is 8.68. The number of rotatable bonds is 6. The zero-order valence-corrected chi connectivity index (χ0v) is 8.68. The third kappa shape index (κ3) is 11.0. The van der Waals surface area contributed by atoms with Gasteiger partial charge in [0, 0.05) is 6.42 Å². The minimum Gasteiger partial charge on any atom is -0.399 e. The van der Waals surface area contributed by atoms with E-state index in [1.165, 1.54) is 45.4 Å². The summed E-state index contributed by atoms with van der Waals surface area (Å²) in [6.45, 7) is 2.22. The topological polar surface area (TPSA) is 21.6 Å². The van der Waals surface area contributed by atoms with Crippen molar-refractivity contribution in [3.8, 4) is 11.8 Å². The van der Waals surface area contributed by atoms with Crippen molar-refractivity contribution >= 4 is 6.21 Å². The summed E-state index contributed by atoms with van der Waals surface area (Å²) in [6, 6.07) is 0. The molecule has 0 saturated heterocycles. The Morgan fingerprint density at radius 3 is 2.69 bits per heavy atom. The highest BCUT2D eigenvalue weighted by Crippen LogP contribution is 2.03. The van der Waals surface area contributed by atoms with E-state index < -0.39 is 0 Å². The van der Waals surface area contributed by atoms with Gasteiger partial charge in [0.15, 0.2) is 0 Å². The van der Waals surface area contributed by atoms with E-state index in [0.717, 1.165) is 6.42 Å². The molecule has 2 nitrogen and oxygen atoms in total. The van der Waals surface area contributed by atoms with Gasteiger partial charge in [-0.25, -0.2) is 0 Å². The van der Waals surface area contributed by atoms with Gasteiger partial charge in [-0.05, 0) is 6.42 Å². The molecule has 74 valence electrons. The molecular weight excluding hydrogens is 162 g/mol. The Balaban J connectivity index is 3.13. The van der Waals surface area contributed by atoms with Crippen LogP contribution in [0.25, 0.3) is 0 Å². The van der Waals surface area contributed by atoms with Gasteiger partial charge in [0.1, 0.15) is 13.3 Å². The van der Waals surface area contributed by atoms with E-state index >= 15 is 0 Å². The molecule has 0 fully saturated rings. The smallest absolute Gasteiger partial charge is 0.116 e. The maximum atomic E-state index is 4.47. The fraction of sp³-hybridized carbons (Fsp3) is 0.727. The van der Waals surface area contributed by atoms with Crippen molar-refractivity contribution in [2.45, 2.75) is 45.4 Å². The lowest BCUT2D eigenvalue weighted by molar-refractivity contribution is 0.216. The quantitative estimate of drug-likeness (QED) is 0.267. The Bertz CT molecular complexity index is 176. The van der Waals surface area contributed by atoms with E-state index in [1.807, 2.05) is 0 Å². The molecule has 0 unspecified atom stereocenters. The minimum absolute atomic E-state index is 0.972. The standard InChI is InChI=1S/C11H19NO/c1-3-4-5-6-7-8-9-10-11-12-13-2/h11H,3-8H2,1-2H3. The largest absolute Gasteiger partial charge is 0.399 e. The third-order valence-electron chi connectivity index (χ3n) is 1.73.